The van der Waals surface area contributed by atoms with Crippen LogP contribution in [-0.4, -0.2) is 27.5 Å². The van der Waals surface area contributed by atoms with E-state index >= 15 is 0 Å². The van der Waals surface area contributed by atoms with E-state index < -0.39 is 11.7 Å². The zero-order valence-corrected chi connectivity index (χ0v) is 15.4. The number of benzene rings is 1. The van der Waals surface area contributed by atoms with Gasteiger partial charge in [0.1, 0.15) is 24.4 Å². The molecule has 6 heteroatoms. The lowest BCUT2D eigenvalue weighted by Crippen LogP contribution is -2.28. The number of aliphatic hydroxyl groups is 2. The van der Waals surface area contributed by atoms with Crippen LogP contribution in [0.1, 0.15) is 25.7 Å². The van der Waals surface area contributed by atoms with Gasteiger partial charge < -0.3 is 23.9 Å². The average molecular weight is 394 g/mol. The number of rotatable bonds is 5. The van der Waals surface area contributed by atoms with Crippen LogP contribution in [-0.2, 0) is 11.5 Å². The van der Waals surface area contributed by atoms with Gasteiger partial charge in [0.05, 0.1) is 11.1 Å². The normalized spacial score (nSPS) is 13.6. The van der Waals surface area contributed by atoms with E-state index in [-0.39, 0.29) is 0 Å². The maximum atomic E-state index is 10.2. The summed E-state index contributed by atoms with van der Waals surface area (Å²) < 4.78 is 14.0. The largest absolute Gasteiger partial charge is 0.458 e. The summed E-state index contributed by atoms with van der Waals surface area (Å²) in [7, 11) is 1.65. The van der Waals surface area contributed by atoms with Crippen LogP contribution in [0.4, 0.5) is 0 Å². The number of hydrogen-bond acceptors (Lipinski definition) is 4. The monoisotopic (exact) mass is 393 g/mol. The fraction of sp³-hybridized carbons (Fsp3) is 0.333. The van der Waals surface area contributed by atoms with Crippen molar-refractivity contribution in [3.63, 3.8) is 0 Å². The third-order valence-electron chi connectivity index (χ3n) is 3.95. The summed E-state index contributed by atoms with van der Waals surface area (Å²) in [6, 6.07) is 9.44. The van der Waals surface area contributed by atoms with Crippen LogP contribution in [0, 0.1) is 0 Å². The van der Waals surface area contributed by atoms with Gasteiger partial charge >= 0.3 is 0 Å². The Labute approximate surface area is 148 Å². The Balaban J connectivity index is 2.12. The van der Waals surface area contributed by atoms with Gasteiger partial charge in [-0.05, 0) is 38.1 Å². The molecule has 2 N–H and O–H groups in total. The van der Waals surface area contributed by atoms with Gasteiger partial charge in [0.15, 0.2) is 0 Å². The van der Waals surface area contributed by atoms with E-state index in [4.69, 9.17) is 9.15 Å². The van der Waals surface area contributed by atoms with Gasteiger partial charge in [0.25, 0.3) is 0 Å². The van der Waals surface area contributed by atoms with Crippen molar-refractivity contribution in [2.24, 2.45) is 0 Å². The van der Waals surface area contributed by atoms with E-state index in [1.165, 1.54) is 0 Å². The zero-order valence-electron chi connectivity index (χ0n) is 13.8. The Kier molecular flexibility index (Phi) is 4.57. The molecular weight excluding hydrogens is 374 g/mol. The lowest BCUT2D eigenvalue weighted by Gasteiger charge is -2.22. The predicted octanol–water partition coefficient (Wildman–Crippen LogP) is 4.07. The molecule has 0 aliphatic rings. The van der Waals surface area contributed by atoms with Crippen molar-refractivity contribution in [1.82, 2.24) is 4.57 Å². The molecular formula is C18H20BrNO4. The van der Waals surface area contributed by atoms with Crippen molar-refractivity contribution in [2.45, 2.75) is 32.3 Å². The Morgan fingerprint density at radius 2 is 2.04 bits per heavy atom. The lowest BCUT2D eigenvalue weighted by molar-refractivity contribution is -0.0591. The van der Waals surface area contributed by atoms with Crippen LogP contribution in [0.2, 0.25) is 0 Å². The summed E-state index contributed by atoms with van der Waals surface area (Å²) in [5.74, 6) is 0.956. The minimum Gasteiger partial charge on any atom is -0.458 e. The number of methoxy groups -OCH3 is 1. The first-order valence-corrected chi connectivity index (χ1v) is 8.39. The van der Waals surface area contributed by atoms with Gasteiger partial charge in [-0.3, -0.25) is 0 Å². The number of aromatic nitrogens is 1. The quantitative estimate of drug-likeness (QED) is 0.685. The first-order valence-electron chi connectivity index (χ1n) is 7.59. The second-order valence-electron chi connectivity index (χ2n) is 6.32. The molecule has 3 aromatic rings. The predicted molar refractivity (Wildman–Crippen MR) is 95.6 cm³/mol. The van der Waals surface area contributed by atoms with Crippen molar-refractivity contribution >= 4 is 26.8 Å². The molecule has 0 unspecified atom stereocenters. The topological polar surface area (TPSA) is 67.8 Å². The molecule has 2 aromatic heterocycles. The van der Waals surface area contributed by atoms with Crippen molar-refractivity contribution in [3.8, 4) is 11.3 Å². The zero-order chi connectivity index (χ0) is 17.5. The van der Waals surface area contributed by atoms with Crippen molar-refractivity contribution < 1.29 is 19.4 Å². The summed E-state index contributed by atoms with van der Waals surface area (Å²) in [6.07, 6.45) is 0.861. The number of fused-ring (bicyclic) bond motifs is 1. The fourth-order valence-corrected chi connectivity index (χ4v) is 3.30. The Bertz CT molecular complexity index is 860. The van der Waals surface area contributed by atoms with E-state index in [0.717, 1.165) is 20.9 Å². The minimum absolute atomic E-state index is 0.331. The van der Waals surface area contributed by atoms with Gasteiger partial charge in [-0.25, -0.2) is 0 Å². The lowest BCUT2D eigenvalue weighted by atomic mass is 10.0. The van der Waals surface area contributed by atoms with Crippen LogP contribution in [0.5, 0.6) is 0 Å². The highest BCUT2D eigenvalue weighted by Crippen LogP contribution is 2.38. The minimum atomic E-state index is -1.28. The molecule has 0 aliphatic heterocycles. The van der Waals surface area contributed by atoms with Crippen LogP contribution >= 0.6 is 15.9 Å². The molecule has 128 valence electrons. The molecule has 0 spiro atoms. The molecule has 0 saturated carbocycles. The second kappa shape index (κ2) is 6.37. The van der Waals surface area contributed by atoms with E-state index in [1.54, 1.807) is 33.1 Å². The van der Waals surface area contributed by atoms with Gasteiger partial charge in [-0.15, -0.1) is 0 Å². The number of furan rings is 1. The molecule has 0 fully saturated rings. The SMILES string of the molecule is COCn1cc(-c2ccc([C@@H](O)C(C)(C)O)o2)c2c(Br)cccc21. The summed E-state index contributed by atoms with van der Waals surface area (Å²) in [5.41, 5.74) is 0.630. The average Bonchev–Trinajstić information content (AvgIpc) is 3.12. The second-order valence-corrected chi connectivity index (χ2v) is 7.18. The Morgan fingerprint density at radius 3 is 2.71 bits per heavy atom. The molecule has 0 saturated heterocycles. The molecule has 1 aromatic carbocycles. The van der Waals surface area contributed by atoms with Crippen LogP contribution in [0.15, 0.2) is 45.4 Å². The van der Waals surface area contributed by atoms with Crippen LogP contribution in [0.25, 0.3) is 22.2 Å². The standard InChI is InChI=1S/C18H20BrNO4/c1-18(2,22)17(21)15-8-7-14(24-15)11-9-20(10-23-3)13-6-4-5-12(19)16(11)13/h4-9,17,21-22H,10H2,1-3H3/t17-/m1/s1. The number of ether oxygens (including phenoxy) is 1. The Hall–Kier alpha value is -1.60. The maximum Gasteiger partial charge on any atom is 0.140 e. The summed E-state index contributed by atoms with van der Waals surface area (Å²) in [4.78, 5) is 0. The van der Waals surface area contributed by atoms with Gasteiger partial charge in [0, 0.05) is 28.7 Å². The first-order chi connectivity index (χ1) is 11.3. The van der Waals surface area contributed by atoms with Crippen molar-refractivity contribution in [1.29, 1.82) is 0 Å². The highest BCUT2D eigenvalue weighted by atomic mass is 79.9. The summed E-state index contributed by atoms with van der Waals surface area (Å²) >= 11 is 3.59. The number of aliphatic hydroxyl groups excluding tert-OH is 1. The van der Waals surface area contributed by atoms with Crippen LogP contribution in [0.3, 0.4) is 0 Å². The molecule has 24 heavy (non-hydrogen) atoms. The van der Waals surface area contributed by atoms with E-state index in [2.05, 4.69) is 15.9 Å². The van der Waals surface area contributed by atoms with E-state index in [0.29, 0.717) is 18.3 Å². The highest BCUT2D eigenvalue weighted by Gasteiger charge is 2.29. The summed E-state index contributed by atoms with van der Waals surface area (Å²) in [6.45, 7) is 3.51. The third-order valence-corrected chi connectivity index (χ3v) is 4.62. The van der Waals surface area contributed by atoms with Crippen LogP contribution < -0.4 is 0 Å². The molecule has 0 radical (unpaired) electrons. The number of hydrogen-bond donors (Lipinski definition) is 2. The highest BCUT2D eigenvalue weighted by molar-refractivity contribution is 9.10. The molecule has 1 atom stereocenters. The van der Waals surface area contributed by atoms with Gasteiger partial charge in [-0.1, -0.05) is 22.0 Å². The van der Waals surface area contributed by atoms with Gasteiger partial charge in [-0.2, -0.15) is 0 Å². The molecule has 0 bridgehead atoms. The Morgan fingerprint density at radius 1 is 1.29 bits per heavy atom. The van der Waals surface area contributed by atoms with E-state index in [9.17, 15) is 10.2 Å². The smallest absolute Gasteiger partial charge is 0.140 e. The molecule has 0 aliphatic carbocycles. The van der Waals surface area contributed by atoms with Gasteiger partial charge in [0.2, 0.25) is 0 Å². The number of halogens is 1. The molecule has 3 rings (SSSR count). The number of nitrogens with zero attached hydrogens (tertiary/aromatic N) is 1. The first kappa shape index (κ1) is 17.2. The maximum absolute atomic E-state index is 10.2. The fourth-order valence-electron chi connectivity index (χ4n) is 2.73. The van der Waals surface area contributed by atoms with Crippen molar-refractivity contribution in [2.75, 3.05) is 7.11 Å². The van der Waals surface area contributed by atoms with E-state index in [1.807, 2.05) is 29.0 Å². The summed E-state index contributed by atoms with van der Waals surface area (Å²) in [5, 5.41) is 21.2. The van der Waals surface area contributed by atoms with Crippen molar-refractivity contribution in [3.05, 3.63) is 46.8 Å². The third kappa shape index (κ3) is 3.02. The molecule has 5 nitrogen and oxygen atoms in total. The molecule has 0 amide bonds. The molecule has 2 heterocycles.